The summed E-state index contributed by atoms with van der Waals surface area (Å²) in [6.07, 6.45) is 19.2. The Morgan fingerprint density at radius 3 is 1.56 bits per heavy atom. The van der Waals surface area contributed by atoms with Crippen molar-refractivity contribution in [2.24, 2.45) is 0 Å². The molecule has 0 saturated carbocycles. The van der Waals surface area contributed by atoms with Gasteiger partial charge in [-0.25, -0.2) is 0 Å². The topological polar surface area (TPSA) is 89.9 Å². The van der Waals surface area contributed by atoms with Crippen molar-refractivity contribution >= 4 is 41.4 Å². The van der Waals surface area contributed by atoms with Gasteiger partial charge < -0.3 is 15.5 Å². The van der Waals surface area contributed by atoms with E-state index in [1.165, 1.54) is 102 Å². The monoisotopic (exact) mass is 466 g/mol. The molecule has 1 amide bonds. The number of hydrogen-bond donors (Lipinski definition) is 3. The molecule has 2 unspecified atom stereocenters. The Hall–Kier alpha value is -0.140. The Morgan fingerprint density at radius 1 is 0.781 bits per heavy atom. The van der Waals surface area contributed by atoms with E-state index >= 15 is 0 Å². The van der Waals surface area contributed by atoms with Crippen LogP contribution in [0.3, 0.4) is 0 Å². The SMILES string of the molecule is CCCCCCCCCCCCCCCCCC(=O)NCCN(C(C)O)C(C)C(=O)O.[NaH]. The van der Waals surface area contributed by atoms with E-state index in [4.69, 9.17) is 5.11 Å². The van der Waals surface area contributed by atoms with Gasteiger partial charge in [0.25, 0.3) is 0 Å². The third-order valence-electron chi connectivity index (χ3n) is 6.03. The van der Waals surface area contributed by atoms with Gasteiger partial charge in [-0.3, -0.25) is 14.5 Å². The first-order valence-corrected chi connectivity index (χ1v) is 12.8. The van der Waals surface area contributed by atoms with Crippen LogP contribution in [0.15, 0.2) is 0 Å². The maximum atomic E-state index is 11.9. The number of carboxylic acid groups (broad SMARTS) is 1. The van der Waals surface area contributed by atoms with Gasteiger partial charge in [-0.1, -0.05) is 96.8 Å². The van der Waals surface area contributed by atoms with Crippen molar-refractivity contribution in [3.05, 3.63) is 0 Å². The van der Waals surface area contributed by atoms with Crippen molar-refractivity contribution in [2.45, 2.75) is 136 Å². The first-order chi connectivity index (χ1) is 14.9. The summed E-state index contributed by atoms with van der Waals surface area (Å²) in [5, 5.41) is 21.6. The second kappa shape index (κ2) is 24.0. The number of hydrogen-bond acceptors (Lipinski definition) is 4. The predicted molar refractivity (Wildman–Crippen MR) is 135 cm³/mol. The Labute approximate surface area is 219 Å². The molecule has 7 heteroatoms. The van der Waals surface area contributed by atoms with Crippen LogP contribution in [0.5, 0.6) is 0 Å². The third kappa shape index (κ3) is 20.5. The fourth-order valence-electron chi connectivity index (χ4n) is 3.92. The molecule has 6 nitrogen and oxygen atoms in total. The van der Waals surface area contributed by atoms with Crippen LogP contribution in [-0.2, 0) is 9.59 Å². The van der Waals surface area contributed by atoms with E-state index in [1.54, 1.807) is 0 Å². The molecule has 0 aliphatic heterocycles. The van der Waals surface area contributed by atoms with Crippen LogP contribution >= 0.6 is 0 Å². The van der Waals surface area contributed by atoms with Gasteiger partial charge in [0, 0.05) is 19.5 Å². The van der Waals surface area contributed by atoms with E-state index in [1.807, 2.05) is 0 Å². The maximum absolute atomic E-state index is 11.9. The van der Waals surface area contributed by atoms with Crippen molar-refractivity contribution in [1.82, 2.24) is 10.2 Å². The molecule has 0 spiro atoms. The van der Waals surface area contributed by atoms with E-state index in [0.29, 0.717) is 19.5 Å². The molecule has 0 aromatic carbocycles. The summed E-state index contributed by atoms with van der Waals surface area (Å²) in [5.74, 6) is -0.978. The second-order valence-corrected chi connectivity index (χ2v) is 8.93. The molecule has 0 bridgehead atoms. The molecule has 0 radical (unpaired) electrons. The van der Waals surface area contributed by atoms with Crippen LogP contribution in [0.1, 0.15) is 124 Å². The van der Waals surface area contributed by atoms with E-state index in [9.17, 15) is 14.7 Å². The molecule has 0 rings (SSSR count). The fourth-order valence-corrected chi connectivity index (χ4v) is 3.92. The summed E-state index contributed by atoms with van der Waals surface area (Å²) >= 11 is 0. The van der Waals surface area contributed by atoms with Gasteiger partial charge in [0.05, 0.1) is 0 Å². The predicted octanol–water partition coefficient (Wildman–Crippen LogP) is 4.83. The third-order valence-corrected chi connectivity index (χ3v) is 6.03. The van der Waals surface area contributed by atoms with Gasteiger partial charge in [0.2, 0.25) is 5.91 Å². The number of aliphatic hydroxyl groups is 1. The zero-order valence-electron chi connectivity index (χ0n) is 20.5. The molecule has 0 fully saturated rings. The van der Waals surface area contributed by atoms with Gasteiger partial charge >= 0.3 is 35.5 Å². The van der Waals surface area contributed by atoms with E-state index in [2.05, 4.69) is 12.2 Å². The van der Waals surface area contributed by atoms with Crippen molar-refractivity contribution in [2.75, 3.05) is 13.1 Å². The molecule has 0 aromatic rings. The molecule has 2 atom stereocenters. The number of nitrogens with zero attached hydrogens (tertiary/aromatic N) is 1. The summed E-state index contributed by atoms with van der Waals surface area (Å²) in [6, 6.07) is -0.785. The molecular formula is C25H51N2NaO4. The van der Waals surface area contributed by atoms with Crippen molar-refractivity contribution in [1.29, 1.82) is 0 Å². The summed E-state index contributed by atoms with van der Waals surface area (Å²) in [7, 11) is 0. The van der Waals surface area contributed by atoms with Crippen LogP contribution in [0, 0.1) is 0 Å². The Kier molecular flexibility index (Phi) is 25.5. The molecule has 186 valence electrons. The molecule has 3 N–H and O–H groups in total. The van der Waals surface area contributed by atoms with Gasteiger partial charge in [-0.05, 0) is 20.3 Å². The van der Waals surface area contributed by atoms with Crippen LogP contribution in [0.25, 0.3) is 0 Å². The van der Waals surface area contributed by atoms with Gasteiger partial charge in [0.15, 0.2) is 0 Å². The molecule has 32 heavy (non-hydrogen) atoms. The summed E-state index contributed by atoms with van der Waals surface area (Å²) in [5.41, 5.74) is 0. The average Bonchev–Trinajstić information content (AvgIpc) is 2.73. The molecular weight excluding hydrogens is 415 g/mol. The van der Waals surface area contributed by atoms with Crippen molar-refractivity contribution in [3.63, 3.8) is 0 Å². The Bertz CT molecular complexity index is 450. The molecule has 0 aliphatic rings. The van der Waals surface area contributed by atoms with Crippen LogP contribution in [0.4, 0.5) is 0 Å². The number of aliphatic hydroxyl groups excluding tert-OH is 1. The standard InChI is InChI=1S/C25H50N2O4.Na.H/c1-4-5-6-7-8-9-10-11-12-13-14-15-16-17-18-19-24(29)26-20-21-27(23(3)28)22(2)25(30)31;;/h22-23,28H,4-21H2,1-3H3,(H,26,29)(H,30,31);;. The van der Waals surface area contributed by atoms with Gasteiger partial charge in [0.1, 0.15) is 12.3 Å². The quantitative estimate of drug-likeness (QED) is 0.121. The first-order valence-electron chi connectivity index (χ1n) is 12.8. The average molecular weight is 467 g/mol. The molecule has 0 aromatic heterocycles. The number of amides is 1. The molecule has 0 saturated heterocycles. The van der Waals surface area contributed by atoms with Gasteiger partial charge in [-0.15, -0.1) is 0 Å². The van der Waals surface area contributed by atoms with Crippen LogP contribution in [-0.4, -0.2) is 81.9 Å². The number of rotatable bonds is 22. The van der Waals surface area contributed by atoms with E-state index in [0.717, 1.165) is 12.8 Å². The van der Waals surface area contributed by atoms with E-state index in [-0.39, 0.29) is 35.5 Å². The molecule has 0 aliphatic carbocycles. The van der Waals surface area contributed by atoms with Crippen LogP contribution in [0.2, 0.25) is 0 Å². The number of aliphatic carboxylic acids is 1. The normalized spacial score (nSPS) is 12.9. The fraction of sp³-hybridized carbons (Fsp3) is 0.920. The summed E-state index contributed by atoms with van der Waals surface area (Å²) in [4.78, 5) is 24.4. The summed E-state index contributed by atoms with van der Waals surface area (Å²) < 4.78 is 0. The number of nitrogens with one attached hydrogen (secondary N) is 1. The van der Waals surface area contributed by atoms with Crippen molar-refractivity contribution < 1.29 is 19.8 Å². The van der Waals surface area contributed by atoms with Crippen molar-refractivity contribution in [3.8, 4) is 0 Å². The minimum absolute atomic E-state index is 0. The number of carbonyl (C=O) groups is 2. The minimum atomic E-state index is -0.981. The number of carboxylic acids is 1. The van der Waals surface area contributed by atoms with Crippen LogP contribution < -0.4 is 5.32 Å². The Balaban J connectivity index is 0. The van der Waals surface area contributed by atoms with E-state index < -0.39 is 18.2 Å². The number of unbranched alkanes of at least 4 members (excludes halogenated alkanes) is 14. The zero-order valence-corrected chi connectivity index (χ0v) is 20.5. The zero-order chi connectivity index (χ0) is 23.3. The first kappa shape index (κ1) is 34.0. The summed E-state index contributed by atoms with van der Waals surface area (Å²) in [6.45, 7) is 6.00. The number of carbonyl (C=O) groups excluding carboxylic acids is 1. The van der Waals surface area contributed by atoms with Gasteiger partial charge in [-0.2, -0.15) is 0 Å². The molecule has 0 heterocycles. The Morgan fingerprint density at radius 2 is 1.19 bits per heavy atom. The second-order valence-electron chi connectivity index (χ2n) is 8.93.